The maximum Gasteiger partial charge on any atom is 0.246 e. The van der Waals surface area contributed by atoms with Gasteiger partial charge in [-0.3, -0.25) is 9.59 Å². The standard InChI is InChI=1S/C16H17FN6O2/c17-11-3-1-10(2-4-11)16-19-21-22(20-16)9-15(25)23-12-5-6-13(23)8-18-14(24)7-12/h1-4,12-13H,5-9H2,(H,18,24)/t12-,13+/m0/s1. The van der Waals surface area contributed by atoms with Crippen molar-refractivity contribution in [2.24, 2.45) is 0 Å². The fourth-order valence-corrected chi connectivity index (χ4v) is 3.51. The van der Waals surface area contributed by atoms with Crippen LogP contribution < -0.4 is 5.32 Å². The number of aromatic nitrogens is 4. The lowest BCUT2D eigenvalue weighted by atomic mass is 10.1. The van der Waals surface area contributed by atoms with E-state index in [0.29, 0.717) is 24.4 Å². The van der Waals surface area contributed by atoms with Crippen LogP contribution in [0.25, 0.3) is 11.4 Å². The van der Waals surface area contributed by atoms with E-state index in [1.165, 1.54) is 16.9 Å². The molecule has 9 heteroatoms. The molecule has 2 atom stereocenters. The zero-order chi connectivity index (χ0) is 17.4. The normalized spacial score (nSPS) is 22.6. The molecule has 2 saturated heterocycles. The van der Waals surface area contributed by atoms with Crippen LogP contribution in [0, 0.1) is 5.82 Å². The molecule has 8 nitrogen and oxygen atoms in total. The van der Waals surface area contributed by atoms with Crippen molar-refractivity contribution < 1.29 is 14.0 Å². The minimum absolute atomic E-state index is 0.0116. The first-order valence-electron chi connectivity index (χ1n) is 8.22. The van der Waals surface area contributed by atoms with Gasteiger partial charge in [0.05, 0.1) is 0 Å². The van der Waals surface area contributed by atoms with Crippen LogP contribution in [0.4, 0.5) is 4.39 Å². The van der Waals surface area contributed by atoms with Gasteiger partial charge in [0, 0.05) is 30.6 Å². The number of halogens is 1. The largest absolute Gasteiger partial charge is 0.354 e. The molecule has 2 aliphatic heterocycles. The molecule has 2 aliphatic rings. The van der Waals surface area contributed by atoms with Crippen molar-refractivity contribution in [2.75, 3.05) is 6.54 Å². The van der Waals surface area contributed by atoms with Gasteiger partial charge in [-0.1, -0.05) is 0 Å². The SMILES string of the molecule is O=C1C[C@@H]2CC[C@H](CN1)N2C(=O)Cn1nnc(-c2ccc(F)cc2)n1. The van der Waals surface area contributed by atoms with Gasteiger partial charge in [-0.25, -0.2) is 4.39 Å². The zero-order valence-corrected chi connectivity index (χ0v) is 13.4. The number of nitrogens with zero attached hydrogens (tertiary/aromatic N) is 5. The summed E-state index contributed by atoms with van der Waals surface area (Å²) in [4.78, 5) is 27.4. The summed E-state index contributed by atoms with van der Waals surface area (Å²) in [5.41, 5.74) is 0.629. The number of carbonyl (C=O) groups excluding carboxylic acids is 2. The Morgan fingerprint density at radius 1 is 1.24 bits per heavy atom. The van der Waals surface area contributed by atoms with E-state index in [9.17, 15) is 14.0 Å². The number of carbonyl (C=O) groups is 2. The van der Waals surface area contributed by atoms with Crippen LogP contribution >= 0.6 is 0 Å². The van der Waals surface area contributed by atoms with Crippen LogP contribution in [0.2, 0.25) is 0 Å². The van der Waals surface area contributed by atoms with Crippen LogP contribution in [-0.4, -0.2) is 55.5 Å². The van der Waals surface area contributed by atoms with E-state index < -0.39 is 0 Å². The Labute approximate surface area is 143 Å². The summed E-state index contributed by atoms with van der Waals surface area (Å²) in [6, 6.07) is 5.74. The highest BCUT2D eigenvalue weighted by Gasteiger charge is 2.40. The second-order valence-electron chi connectivity index (χ2n) is 6.34. The molecule has 25 heavy (non-hydrogen) atoms. The number of amides is 2. The summed E-state index contributed by atoms with van der Waals surface area (Å²) in [6.07, 6.45) is 2.07. The van der Waals surface area contributed by atoms with Gasteiger partial charge >= 0.3 is 0 Å². The number of fused-ring (bicyclic) bond motifs is 2. The minimum Gasteiger partial charge on any atom is -0.354 e. The molecule has 2 aromatic rings. The molecule has 0 unspecified atom stereocenters. The Morgan fingerprint density at radius 3 is 2.80 bits per heavy atom. The van der Waals surface area contributed by atoms with Crippen LogP contribution in [0.3, 0.4) is 0 Å². The molecule has 1 aromatic carbocycles. The molecule has 130 valence electrons. The molecule has 0 spiro atoms. The molecule has 1 N–H and O–H groups in total. The van der Waals surface area contributed by atoms with Crippen LogP contribution in [0.1, 0.15) is 19.3 Å². The van der Waals surface area contributed by atoms with E-state index in [2.05, 4.69) is 20.7 Å². The molecule has 0 radical (unpaired) electrons. The first-order valence-corrected chi connectivity index (χ1v) is 8.22. The Hall–Kier alpha value is -2.84. The lowest BCUT2D eigenvalue weighted by Crippen LogP contribution is -2.44. The van der Waals surface area contributed by atoms with Gasteiger partial charge in [0.1, 0.15) is 12.4 Å². The van der Waals surface area contributed by atoms with Crippen molar-refractivity contribution in [3.8, 4) is 11.4 Å². The molecule has 3 heterocycles. The van der Waals surface area contributed by atoms with Gasteiger partial charge in [0.25, 0.3) is 0 Å². The smallest absolute Gasteiger partial charge is 0.246 e. The van der Waals surface area contributed by atoms with Gasteiger partial charge < -0.3 is 10.2 Å². The van der Waals surface area contributed by atoms with Crippen molar-refractivity contribution >= 4 is 11.8 Å². The highest BCUT2D eigenvalue weighted by atomic mass is 19.1. The lowest BCUT2D eigenvalue weighted by molar-refractivity contribution is -0.135. The number of rotatable bonds is 3. The number of hydrogen-bond acceptors (Lipinski definition) is 5. The summed E-state index contributed by atoms with van der Waals surface area (Å²) < 4.78 is 13.0. The van der Waals surface area contributed by atoms with Gasteiger partial charge in [-0.2, -0.15) is 4.80 Å². The summed E-state index contributed by atoms with van der Waals surface area (Å²) >= 11 is 0. The van der Waals surface area contributed by atoms with E-state index in [1.54, 1.807) is 17.0 Å². The Morgan fingerprint density at radius 2 is 2.00 bits per heavy atom. The molecule has 2 fully saturated rings. The van der Waals surface area contributed by atoms with E-state index in [1.807, 2.05) is 0 Å². The monoisotopic (exact) mass is 344 g/mol. The quantitative estimate of drug-likeness (QED) is 0.868. The van der Waals surface area contributed by atoms with Crippen molar-refractivity contribution in [1.29, 1.82) is 0 Å². The van der Waals surface area contributed by atoms with Crippen molar-refractivity contribution in [3.05, 3.63) is 30.1 Å². The third-order valence-corrected chi connectivity index (χ3v) is 4.70. The second-order valence-corrected chi connectivity index (χ2v) is 6.34. The van der Waals surface area contributed by atoms with E-state index in [0.717, 1.165) is 12.8 Å². The third-order valence-electron chi connectivity index (χ3n) is 4.70. The molecular formula is C16H17FN6O2. The molecule has 0 aliphatic carbocycles. The fourth-order valence-electron chi connectivity index (χ4n) is 3.51. The summed E-state index contributed by atoms with van der Waals surface area (Å²) in [6.45, 7) is 0.460. The second kappa shape index (κ2) is 6.23. The molecule has 0 saturated carbocycles. The van der Waals surface area contributed by atoms with Gasteiger partial charge in [-0.15, -0.1) is 10.2 Å². The first kappa shape index (κ1) is 15.7. The summed E-state index contributed by atoms with van der Waals surface area (Å²) in [5.74, 6) is -0.135. The third kappa shape index (κ3) is 3.09. The fraction of sp³-hybridized carbons (Fsp3) is 0.438. The molecule has 2 bridgehead atoms. The summed E-state index contributed by atoms with van der Waals surface area (Å²) in [7, 11) is 0. The molecule has 4 rings (SSSR count). The topological polar surface area (TPSA) is 93.0 Å². The number of hydrogen-bond donors (Lipinski definition) is 1. The van der Waals surface area contributed by atoms with Crippen molar-refractivity contribution in [2.45, 2.75) is 37.9 Å². The van der Waals surface area contributed by atoms with Gasteiger partial charge in [-0.05, 0) is 42.3 Å². The van der Waals surface area contributed by atoms with E-state index in [4.69, 9.17) is 0 Å². The van der Waals surface area contributed by atoms with Crippen LogP contribution in [-0.2, 0) is 16.1 Å². The predicted octanol–water partition coefficient (Wildman–Crippen LogP) is 0.359. The van der Waals surface area contributed by atoms with E-state index >= 15 is 0 Å². The summed E-state index contributed by atoms with van der Waals surface area (Å²) in [5, 5.41) is 14.9. The zero-order valence-electron chi connectivity index (χ0n) is 13.4. The average Bonchev–Trinajstić information content (AvgIpc) is 3.16. The number of tetrazole rings is 1. The minimum atomic E-state index is -0.342. The molecule has 1 aromatic heterocycles. The number of nitrogens with one attached hydrogen (secondary N) is 1. The van der Waals surface area contributed by atoms with Crippen molar-refractivity contribution in [3.63, 3.8) is 0 Å². The lowest BCUT2D eigenvalue weighted by Gasteiger charge is -2.26. The van der Waals surface area contributed by atoms with Gasteiger partial charge in [0.2, 0.25) is 17.6 Å². The highest BCUT2D eigenvalue weighted by molar-refractivity contribution is 5.81. The van der Waals surface area contributed by atoms with Crippen LogP contribution in [0.15, 0.2) is 24.3 Å². The Bertz CT molecular complexity index is 805. The van der Waals surface area contributed by atoms with Gasteiger partial charge in [0.15, 0.2) is 0 Å². The van der Waals surface area contributed by atoms with Crippen molar-refractivity contribution in [1.82, 2.24) is 30.4 Å². The molecule has 2 amide bonds. The highest BCUT2D eigenvalue weighted by Crippen LogP contribution is 2.28. The average molecular weight is 344 g/mol. The number of benzene rings is 1. The van der Waals surface area contributed by atoms with Crippen LogP contribution in [0.5, 0.6) is 0 Å². The Balaban J connectivity index is 1.48. The maximum atomic E-state index is 13.0. The first-order chi connectivity index (χ1) is 12.1. The maximum absolute atomic E-state index is 13.0. The predicted molar refractivity (Wildman–Crippen MR) is 84.5 cm³/mol. The van der Waals surface area contributed by atoms with E-state index in [-0.39, 0.29) is 36.3 Å². The molecular weight excluding hydrogens is 327 g/mol. The Kier molecular flexibility index (Phi) is 3.90.